The van der Waals surface area contributed by atoms with Gasteiger partial charge in [0.15, 0.2) is 0 Å². The zero-order chi connectivity index (χ0) is 17.1. The van der Waals surface area contributed by atoms with Gasteiger partial charge in [0, 0.05) is 23.9 Å². The molecule has 4 aromatic rings. The molecule has 2 heterocycles. The minimum absolute atomic E-state index is 0.126. The molecule has 0 fully saturated rings. The number of amides is 1. The molecule has 0 aliphatic rings. The monoisotopic (exact) mass is 332 g/mol. The number of aromatic amines is 1. The molecular formula is C19H16N4O2. The third-order valence-electron chi connectivity index (χ3n) is 3.97. The summed E-state index contributed by atoms with van der Waals surface area (Å²) in [4.78, 5) is 16.8. The molecule has 0 unspecified atom stereocenters. The van der Waals surface area contributed by atoms with Gasteiger partial charge < -0.3 is 9.73 Å². The van der Waals surface area contributed by atoms with Crippen LogP contribution in [0, 0.1) is 0 Å². The first kappa shape index (κ1) is 15.1. The third-order valence-corrected chi connectivity index (χ3v) is 3.97. The standard InChI is InChI=1S/C19H16N4O2/c24-18(15-7-4-8-17-16(15)11-21-23-17)20-10-9-14-12-25-19(22-14)13-5-2-1-3-6-13/h1-8,11-12H,9-10H2,(H,20,24)(H,21,23). The zero-order valence-electron chi connectivity index (χ0n) is 13.4. The van der Waals surface area contributed by atoms with Crippen LogP contribution in [0.4, 0.5) is 0 Å². The van der Waals surface area contributed by atoms with Crippen molar-refractivity contribution in [2.75, 3.05) is 6.54 Å². The van der Waals surface area contributed by atoms with E-state index < -0.39 is 0 Å². The van der Waals surface area contributed by atoms with Crippen molar-refractivity contribution in [3.63, 3.8) is 0 Å². The van der Waals surface area contributed by atoms with E-state index in [-0.39, 0.29) is 5.91 Å². The maximum Gasteiger partial charge on any atom is 0.252 e. The van der Waals surface area contributed by atoms with Crippen LogP contribution in [0.3, 0.4) is 0 Å². The van der Waals surface area contributed by atoms with E-state index in [1.807, 2.05) is 42.5 Å². The van der Waals surface area contributed by atoms with Gasteiger partial charge in [-0.1, -0.05) is 24.3 Å². The normalized spacial score (nSPS) is 10.9. The second-order valence-electron chi connectivity index (χ2n) is 5.65. The van der Waals surface area contributed by atoms with Crippen molar-refractivity contribution in [2.24, 2.45) is 0 Å². The number of aromatic nitrogens is 3. The van der Waals surface area contributed by atoms with Gasteiger partial charge in [-0.15, -0.1) is 0 Å². The third kappa shape index (κ3) is 3.14. The van der Waals surface area contributed by atoms with Crippen molar-refractivity contribution in [2.45, 2.75) is 6.42 Å². The average molecular weight is 332 g/mol. The molecule has 124 valence electrons. The Morgan fingerprint density at radius 3 is 2.88 bits per heavy atom. The van der Waals surface area contributed by atoms with Gasteiger partial charge >= 0.3 is 0 Å². The first-order chi connectivity index (χ1) is 12.3. The smallest absolute Gasteiger partial charge is 0.252 e. The number of nitrogens with zero attached hydrogens (tertiary/aromatic N) is 2. The van der Waals surface area contributed by atoms with Crippen molar-refractivity contribution >= 4 is 16.8 Å². The molecule has 6 heteroatoms. The summed E-state index contributed by atoms with van der Waals surface area (Å²) in [5, 5.41) is 10.6. The van der Waals surface area contributed by atoms with Crippen LogP contribution in [-0.2, 0) is 6.42 Å². The summed E-state index contributed by atoms with van der Waals surface area (Å²) in [6, 6.07) is 15.2. The summed E-state index contributed by atoms with van der Waals surface area (Å²) < 4.78 is 5.50. The molecule has 4 rings (SSSR count). The molecule has 25 heavy (non-hydrogen) atoms. The highest BCUT2D eigenvalue weighted by atomic mass is 16.3. The van der Waals surface area contributed by atoms with E-state index in [9.17, 15) is 4.79 Å². The summed E-state index contributed by atoms with van der Waals surface area (Å²) in [6.45, 7) is 0.480. The maximum absolute atomic E-state index is 12.4. The highest BCUT2D eigenvalue weighted by molar-refractivity contribution is 6.06. The Morgan fingerprint density at radius 1 is 1.12 bits per heavy atom. The Hall–Kier alpha value is -3.41. The molecule has 2 N–H and O–H groups in total. The molecule has 0 bridgehead atoms. The van der Waals surface area contributed by atoms with Gasteiger partial charge in [-0.2, -0.15) is 5.10 Å². The number of carbonyl (C=O) groups is 1. The second kappa shape index (κ2) is 6.60. The average Bonchev–Trinajstić information content (AvgIpc) is 3.31. The van der Waals surface area contributed by atoms with Crippen LogP contribution in [0.25, 0.3) is 22.4 Å². The first-order valence-corrected chi connectivity index (χ1v) is 8.01. The fraction of sp³-hybridized carbons (Fsp3) is 0.105. The van der Waals surface area contributed by atoms with Crippen LogP contribution in [0.15, 0.2) is 65.4 Å². The highest BCUT2D eigenvalue weighted by Gasteiger charge is 2.11. The van der Waals surface area contributed by atoms with Crippen molar-refractivity contribution in [3.8, 4) is 11.5 Å². The number of oxazole rings is 1. The zero-order valence-corrected chi connectivity index (χ0v) is 13.4. The van der Waals surface area contributed by atoms with E-state index in [4.69, 9.17) is 4.42 Å². The lowest BCUT2D eigenvalue weighted by Gasteiger charge is -2.04. The van der Waals surface area contributed by atoms with Crippen molar-refractivity contribution < 1.29 is 9.21 Å². The summed E-state index contributed by atoms with van der Waals surface area (Å²) >= 11 is 0. The lowest BCUT2D eigenvalue weighted by atomic mass is 10.1. The second-order valence-corrected chi connectivity index (χ2v) is 5.65. The SMILES string of the molecule is O=C(NCCc1coc(-c2ccccc2)n1)c1cccc2[nH]ncc12. The summed E-state index contributed by atoms with van der Waals surface area (Å²) in [5.74, 6) is 0.462. The topological polar surface area (TPSA) is 83.8 Å². The van der Waals surface area contributed by atoms with Crippen LogP contribution in [-0.4, -0.2) is 27.6 Å². The summed E-state index contributed by atoms with van der Waals surface area (Å²) in [5.41, 5.74) is 3.19. The number of rotatable bonds is 5. The van der Waals surface area contributed by atoms with Crippen molar-refractivity contribution in [3.05, 3.63) is 72.2 Å². The van der Waals surface area contributed by atoms with E-state index in [0.717, 1.165) is 22.2 Å². The molecular weight excluding hydrogens is 316 g/mol. The van der Waals surface area contributed by atoms with Crippen LogP contribution in [0.2, 0.25) is 0 Å². The van der Waals surface area contributed by atoms with Crippen LogP contribution in [0.1, 0.15) is 16.1 Å². The quantitative estimate of drug-likeness (QED) is 0.588. The fourth-order valence-corrected chi connectivity index (χ4v) is 2.70. The number of nitrogens with one attached hydrogen (secondary N) is 2. The largest absolute Gasteiger partial charge is 0.444 e. The van der Waals surface area contributed by atoms with Gasteiger partial charge in [0.2, 0.25) is 5.89 Å². The van der Waals surface area contributed by atoms with E-state index in [2.05, 4.69) is 20.5 Å². The molecule has 0 aliphatic heterocycles. The van der Waals surface area contributed by atoms with Gasteiger partial charge in [-0.3, -0.25) is 9.89 Å². The lowest BCUT2D eigenvalue weighted by molar-refractivity contribution is 0.0955. The molecule has 0 radical (unpaired) electrons. The number of fused-ring (bicyclic) bond motifs is 1. The molecule has 1 amide bonds. The molecule has 0 spiro atoms. The van der Waals surface area contributed by atoms with Crippen LogP contribution in [0.5, 0.6) is 0 Å². The molecule has 6 nitrogen and oxygen atoms in total. The van der Waals surface area contributed by atoms with E-state index in [0.29, 0.717) is 24.4 Å². The molecule has 2 aromatic carbocycles. The number of carbonyl (C=O) groups excluding carboxylic acids is 1. The Morgan fingerprint density at radius 2 is 2.00 bits per heavy atom. The number of benzene rings is 2. The summed E-state index contributed by atoms with van der Waals surface area (Å²) in [6.07, 6.45) is 3.89. The van der Waals surface area contributed by atoms with E-state index in [1.165, 1.54) is 0 Å². The summed E-state index contributed by atoms with van der Waals surface area (Å²) in [7, 11) is 0. The van der Waals surface area contributed by atoms with Crippen LogP contribution < -0.4 is 5.32 Å². The first-order valence-electron chi connectivity index (χ1n) is 8.01. The Balaban J connectivity index is 1.39. The van der Waals surface area contributed by atoms with E-state index in [1.54, 1.807) is 18.5 Å². The van der Waals surface area contributed by atoms with Crippen molar-refractivity contribution in [1.29, 1.82) is 0 Å². The molecule has 0 saturated heterocycles. The van der Waals surface area contributed by atoms with Gasteiger partial charge in [0.05, 0.1) is 23.0 Å². The molecule has 0 atom stereocenters. The predicted molar refractivity (Wildman–Crippen MR) is 94.1 cm³/mol. The van der Waals surface area contributed by atoms with Gasteiger partial charge in [0.1, 0.15) is 6.26 Å². The van der Waals surface area contributed by atoms with Gasteiger partial charge in [-0.05, 0) is 24.3 Å². The number of hydrogen-bond acceptors (Lipinski definition) is 4. The Bertz CT molecular complexity index is 1000. The number of H-pyrrole nitrogens is 1. The Kier molecular flexibility index (Phi) is 4.00. The lowest BCUT2D eigenvalue weighted by Crippen LogP contribution is -2.25. The van der Waals surface area contributed by atoms with Crippen molar-refractivity contribution in [1.82, 2.24) is 20.5 Å². The molecule has 2 aromatic heterocycles. The number of hydrogen-bond donors (Lipinski definition) is 2. The van der Waals surface area contributed by atoms with Gasteiger partial charge in [-0.25, -0.2) is 4.98 Å². The minimum Gasteiger partial charge on any atom is -0.444 e. The Labute approximate surface area is 143 Å². The minimum atomic E-state index is -0.126. The molecule has 0 aliphatic carbocycles. The van der Waals surface area contributed by atoms with Crippen LogP contribution >= 0.6 is 0 Å². The fourth-order valence-electron chi connectivity index (χ4n) is 2.70. The maximum atomic E-state index is 12.4. The van der Waals surface area contributed by atoms with E-state index >= 15 is 0 Å². The highest BCUT2D eigenvalue weighted by Crippen LogP contribution is 2.18. The predicted octanol–water partition coefficient (Wildman–Crippen LogP) is 3.19. The molecule has 0 saturated carbocycles. The van der Waals surface area contributed by atoms with Gasteiger partial charge in [0.25, 0.3) is 5.91 Å².